The Balaban J connectivity index is 0.000000671. The van der Waals surface area contributed by atoms with E-state index >= 15 is 0 Å². The SMILES string of the molecule is CC(=O)C(=O)OC1=C(O)C(=O)OC1C(O)CO.CC(=O)C(=O)OC1=C(O)C(C(O)CO)OC1=O.CC(=O)OC1=C(O)C(=O)OC1C(O)CO.CC(=O)OC1=C(O)C(C(O)CO)OC1=O.COP(=O)(O)OC1=C(O)C(=O)OC1C(O)CO.COP(=O)(O)OC1=C(O)C(C(O)CO)OC1=O.COP(C)(=O)OC1=C(C)C(C(O)CO)OC1=O. The number of Topliss-reactive ketones (excluding diaryl/α,β-unsaturated/α-hetero) is 2. The summed E-state index contributed by atoms with van der Waals surface area (Å²) in [6, 6.07) is 0. The van der Waals surface area contributed by atoms with Crippen LogP contribution in [0.1, 0.15) is 34.6 Å². The van der Waals surface area contributed by atoms with E-state index in [0.717, 1.165) is 41.9 Å². The summed E-state index contributed by atoms with van der Waals surface area (Å²) in [6.45, 7) is 1.54. The fraction of sp³-hybridized carbons (Fsp3) is 0.526. The predicted molar refractivity (Wildman–Crippen MR) is 346 cm³/mol. The van der Waals surface area contributed by atoms with Gasteiger partial charge in [0.25, 0.3) is 17.3 Å². The summed E-state index contributed by atoms with van der Waals surface area (Å²) in [7, 11) is -9.49. The average molecular weight is 1740 g/mol. The Morgan fingerprint density at radius 3 is 0.939 bits per heavy atom. The summed E-state index contributed by atoms with van der Waals surface area (Å²) >= 11 is 0. The second kappa shape index (κ2) is 45.8. The van der Waals surface area contributed by atoms with Gasteiger partial charge >= 0.3 is 88.9 Å². The summed E-state index contributed by atoms with van der Waals surface area (Å²) < 4.78 is 109. The third kappa shape index (κ3) is 29.3. The number of ketones is 2. The van der Waals surface area contributed by atoms with Gasteiger partial charge in [0.2, 0.25) is 51.9 Å². The second-order valence-corrected chi connectivity index (χ2v) is 27.0. The largest absolute Gasteiger partial charge is 0.527 e. The molecular formula is C57H77O55P3. The van der Waals surface area contributed by atoms with E-state index in [0.29, 0.717) is 0 Å². The highest BCUT2D eigenvalue weighted by atomic mass is 31.2. The number of phosphoric ester groups is 2. The summed E-state index contributed by atoms with van der Waals surface area (Å²) in [4.78, 5) is 160. The Bertz CT molecular complexity index is 3930. The van der Waals surface area contributed by atoms with Gasteiger partial charge in [-0.05, 0) is 6.92 Å². The molecule has 55 nitrogen and oxygen atoms in total. The summed E-state index contributed by atoms with van der Waals surface area (Å²) in [5.74, 6) is -24.0. The number of carbonyl (C=O) groups is 13. The number of rotatable bonds is 29. The van der Waals surface area contributed by atoms with Crippen molar-refractivity contribution < 1.29 is 267 Å². The van der Waals surface area contributed by atoms with Crippen molar-refractivity contribution in [2.75, 3.05) is 74.2 Å². The van der Waals surface area contributed by atoms with Crippen molar-refractivity contribution in [3.8, 4) is 0 Å². The molecule has 7 aliphatic rings. The topological polar surface area (TPSA) is 875 Å². The van der Waals surface area contributed by atoms with Gasteiger partial charge in [0.1, 0.15) is 42.7 Å². The lowest BCUT2D eigenvalue weighted by molar-refractivity contribution is -0.156. The van der Waals surface area contributed by atoms with Crippen LogP contribution in [-0.2, 0) is 155 Å². The van der Waals surface area contributed by atoms with Crippen molar-refractivity contribution in [3.05, 3.63) is 80.4 Å². The van der Waals surface area contributed by atoms with Crippen LogP contribution in [-0.4, -0.2) is 349 Å². The van der Waals surface area contributed by atoms with E-state index in [-0.39, 0.29) is 11.3 Å². The molecule has 0 bridgehead atoms. The monoisotopic (exact) mass is 1730 g/mol. The van der Waals surface area contributed by atoms with Gasteiger partial charge < -0.3 is 172 Å². The Morgan fingerprint density at radius 2 is 0.609 bits per heavy atom. The van der Waals surface area contributed by atoms with Crippen LogP contribution in [0.2, 0.25) is 0 Å². The van der Waals surface area contributed by atoms with Crippen LogP contribution >= 0.6 is 23.2 Å². The first-order valence-corrected chi connectivity index (χ1v) is 35.7. The minimum Gasteiger partial charge on any atom is -0.505 e. The zero-order chi connectivity index (χ0) is 89.1. The molecule has 0 saturated heterocycles. The number of phosphoric acid groups is 2. The van der Waals surface area contributed by atoms with Crippen molar-refractivity contribution in [1.29, 1.82) is 0 Å². The van der Waals surface area contributed by atoms with E-state index in [1.54, 1.807) is 0 Å². The first kappa shape index (κ1) is 103. The van der Waals surface area contributed by atoms with Crippen LogP contribution < -0.4 is 0 Å². The molecule has 0 saturated carbocycles. The molecule has 17 atom stereocenters. The van der Waals surface area contributed by atoms with Gasteiger partial charge in [-0.15, -0.1) is 0 Å². The van der Waals surface area contributed by atoms with Crippen LogP contribution in [0.3, 0.4) is 0 Å². The van der Waals surface area contributed by atoms with E-state index in [9.17, 15) is 132 Å². The zero-order valence-corrected chi connectivity index (χ0v) is 62.9. The molecule has 58 heteroatoms. The lowest BCUT2D eigenvalue weighted by atomic mass is 10.1. The molecule has 0 aromatic rings. The molecule has 0 amide bonds. The van der Waals surface area contributed by atoms with Gasteiger partial charge in [0, 0.05) is 61.3 Å². The van der Waals surface area contributed by atoms with Gasteiger partial charge in [-0.3, -0.25) is 38.0 Å². The molecule has 22 N–H and O–H groups in total. The zero-order valence-electron chi connectivity index (χ0n) is 60.2. The van der Waals surface area contributed by atoms with E-state index in [4.69, 9.17) is 65.0 Å². The van der Waals surface area contributed by atoms with E-state index in [1.807, 2.05) is 0 Å². The maximum atomic E-state index is 11.6. The van der Waals surface area contributed by atoms with Gasteiger partial charge in [-0.25, -0.2) is 56.8 Å². The number of hydrogen-bond donors (Lipinski definition) is 22. The van der Waals surface area contributed by atoms with E-state index < -0.39 is 301 Å². The molecule has 0 fully saturated rings. The molecule has 7 rings (SSSR count). The highest BCUT2D eigenvalue weighted by Crippen LogP contribution is 2.49. The highest BCUT2D eigenvalue weighted by Gasteiger charge is 2.49. The Hall–Kier alpha value is -10.2. The van der Waals surface area contributed by atoms with Crippen molar-refractivity contribution in [2.45, 2.75) is 120 Å². The molecule has 0 aliphatic carbocycles. The lowest BCUT2D eigenvalue weighted by Gasteiger charge is -2.19. The maximum Gasteiger partial charge on any atom is 0.527 e. The molecule has 0 spiro atoms. The van der Waals surface area contributed by atoms with Crippen molar-refractivity contribution in [3.63, 3.8) is 0 Å². The number of aliphatic hydroxyl groups excluding tert-OH is 20. The van der Waals surface area contributed by atoms with Crippen LogP contribution in [0, 0.1) is 0 Å². The predicted octanol–water partition coefficient (Wildman–Crippen LogP) is -8.85. The van der Waals surface area contributed by atoms with Crippen LogP contribution in [0.5, 0.6) is 0 Å². The quantitative estimate of drug-likeness (QED) is 0.0143. The standard InChI is InChI=1S/2C9H10O8.C9H15O7P.2C8H10O7.2C7H11O9P/c1-3(11)8(14)17-7-5(13)9(15)16-6(7)4(12)2-10;1-3(11)8(14)17-7-5(13)6(4(12)2-10)16-9(7)15;1-5-7(6(11)4-10)15-9(12)8(5)16-17(3,13)14-2;1-3(10)14-7-5(12)8(13)15-6(7)4(11)2-9;1-3(10)14-7-5(12)6(4(11)2-9)15-8(7)13;1-14-17(12,13)16-6-4(10)7(11)15-5(6)3(9)2-8;1-14-17(12,13)16-6-4(10)5(3(9)2-8)15-7(6)11/h2*4,6,10,12-13H,2H2,1H3;6-7,10-11H,4H2,1-3H3;2*4,6,9,11-12H,2H2,1H3;2*3,5,8-10H,2H2,1H3,(H,12,13). The summed E-state index contributed by atoms with van der Waals surface area (Å²) in [5.41, 5.74) is 0.274. The van der Waals surface area contributed by atoms with Crippen molar-refractivity contribution in [2.24, 2.45) is 0 Å². The Kier molecular flexibility index (Phi) is 40.9. The third-order valence-corrected chi connectivity index (χ3v) is 16.4. The minimum atomic E-state index is -4.53. The molecule has 0 aromatic heterocycles. The van der Waals surface area contributed by atoms with Gasteiger partial charge in [0.05, 0.1) is 46.2 Å². The van der Waals surface area contributed by atoms with Crippen LogP contribution in [0.4, 0.5) is 0 Å². The van der Waals surface area contributed by atoms with Gasteiger partial charge in [-0.1, -0.05) is 0 Å². The smallest absolute Gasteiger partial charge is 0.505 e. The van der Waals surface area contributed by atoms with Crippen molar-refractivity contribution in [1.82, 2.24) is 0 Å². The fourth-order valence-corrected chi connectivity index (χ4v) is 9.33. The molecule has 0 radical (unpaired) electrons. The molecule has 115 heavy (non-hydrogen) atoms. The maximum absolute atomic E-state index is 11.6. The number of esters is 11. The average Bonchev–Trinajstić information content (AvgIpc) is 1.78. The lowest BCUT2D eigenvalue weighted by Crippen LogP contribution is -2.33. The van der Waals surface area contributed by atoms with Gasteiger partial charge in [0.15, 0.2) is 60.0 Å². The summed E-state index contributed by atoms with van der Waals surface area (Å²) in [6.07, 6.45) is -20.3. The van der Waals surface area contributed by atoms with E-state index in [2.05, 4.69) is 70.0 Å². The normalized spacial score (nSPS) is 23.4. The Morgan fingerprint density at radius 1 is 0.348 bits per heavy atom. The summed E-state index contributed by atoms with van der Waals surface area (Å²) in [5, 5.41) is 181. The van der Waals surface area contributed by atoms with Crippen LogP contribution in [0.15, 0.2) is 80.4 Å². The number of carbonyl (C=O) groups excluding carboxylic acids is 13. The first-order valence-electron chi connectivity index (χ1n) is 30.8. The number of hydrogen-bond acceptors (Lipinski definition) is 53. The minimum absolute atomic E-state index is 0.241. The molecule has 7 heterocycles. The first-order chi connectivity index (χ1) is 53.2. The third-order valence-electron chi connectivity index (χ3n) is 13.4. The molecule has 0 aromatic carbocycles. The van der Waals surface area contributed by atoms with Crippen LogP contribution in [0.25, 0.3) is 0 Å². The van der Waals surface area contributed by atoms with Gasteiger partial charge in [-0.2, -0.15) is 0 Å². The Labute approximate surface area is 640 Å². The molecule has 17 unspecified atom stereocenters. The molecule has 7 aliphatic heterocycles. The molecule has 650 valence electrons. The highest BCUT2D eigenvalue weighted by molar-refractivity contribution is 7.53. The number of cyclic esters (lactones) is 7. The molecular weight excluding hydrogens is 1660 g/mol. The fourth-order valence-electron chi connectivity index (χ4n) is 7.72. The van der Waals surface area contributed by atoms with Crippen molar-refractivity contribution >= 4 is 100 Å². The second-order valence-electron chi connectivity index (χ2n) is 21.9. The van der Waals surface area contributed by atoms with E-state index in [1.165, 1.54) is 20.7 Å². The number of aliphatic hydroxyl groups is 20. The number of ether oxygens (including phenoxy) is 11.